The lowest BCUT2D eigenvalue weighted by Gasteiger charge is -2.33. The van der Waals surface area contributed by atoms with E-state index in [-0.39, 0.29) is 0 Å². The monoisotopic (exact) mass is 302 g/mol. The van der Waals surface area contributed by atoms with Gasteiger partial charge >= 0.3 is 0 Å². The molecule has 0 aliphatic carbocycles. The fourth-order valence-electron chi connectivity index (χ4n) is 2.73. The van der Waals surface area contributed by atoms with Gasteiger partial charge < -0.3 is 10.2 Å². The van der Waals surface area contributed by atoms with E-state index in [4.69, 9.17) is 0 Å². The van der Waals surface area contributed by atoms with Crippen molar-refractivity contribution in [3.8, 4) is 0 Å². The van der Waals surface area contributed by atoms with Crippen molar-refractivity contribution in [3.63, 3.8) is 0 Å². The number of nitrogens with one attached hydrogen (secondary N) is 1. The maximum Gasteiger partial charge on any atom is 0.151 e. The Kier molecular flexibility index (Phi) is 4.51. The number of hydrogen-bond acceptors (Lipinski definition) is 5. The number of aryl methyl sites for hydroxylation is 2. The molecule has 0 spiro atoms. The van der Waals surface area contributed by atoms with Gasteiger partial charge in [-0.3, -0.25) is 0 Å². The van der Waals surface area contributed by atoms with Gasteiger partial charge in [0.15, 0.2) is 5.82 Å². The van der Waals surface area contributed by atoms with E-state index in [0.29, 0.717) is 6.04 Å². The standard InChI is InChI=1S/C16H22N4S/c1-12-7-9-21-15(12)10-17-14-4-3-8-20(11-14)16-6-5-13(2)18-19-16/h5-7,9,14,17H,3-4,8,10-11H2,1-2H3/t14-/m0/s1. The first kappa shape index (κ1) is 14.5. The predicted octanol–water partition coefficient (Wildman–Crippen LogP) is 2.91. The summed E-state index contributed by atoms with van der Waals surface area (Å²) in [4.78, 5) is 3.79. The van der Waals surface area contributed by atoms with Crippen LogP contribution in [0, 0.1) is 13.8 Å². The molecule has 0 bridgehead atoms. The molecule has 4 nitrogen and oxygen atoms in total. The van der Waals surface area contributed by atoms with Crippen molar-refractivity contribution >= 4 is 17.2 Å². The van der Waals surface area contributed by atoms with Crippen LogP contribution < -0.4 is 10.2 Å². The molecule has 21 heavy (non-hydrogen) atoms. The predicted molar refractivity (Wildman–Crippen MR) is 87.9 cm³/mol. The van der Waals surface area contributed by atoms with Gasteiger partial charge in [-0.15, -0.1) is 16.4 Å². The zero-order valence-corrected chi connectivity index (χ0v) is 13.5. The molecular weight excluding hydrogens is 280 g/mol. The van der Waals surface area contributed by atoms with E-state index >= 15 is 0 Å². The Labute approximate surface area is 130 Å². The van der Waals surface area contributed by atoms with Gasteiger partial charge in [-0.1, -0.05) is 0 Å². The molecule has 0 unspecified atom stereocenters. The van der Waals surface area contributed by atoms with Gasteiger partial charge in [0, 0.05) is 30.6 Å². The van der Waals surface area contributed by atoms with Crippen molar-refractivity contribution < 1.29 is 0 Å². The third-order valence-corrected chi connectivity index (χ3v) is 5.07. The summed E-state index contributed by atoms with van der Waals surface area (Å²) < 4.78 is 0. The highest BCUT2D eigenvalue weighted by Gasteiger charge is 2.20. The number of piperidine rings is 1. The van der Waals surface area contributed by atoms with Crippen LogP contribution in [0.5, 0.6) is 0 Å². The maximum absolute atomic E-state index is 4.31. The molecule has 1 atom stereocenters. The van der Waals surface area contributed by atoms with Crippen LogP contribution >= 0.6 is 11.3 Å². The van der Waals surface area contributed by atoms with Crippen LogP contribution in [0.15, 0.2) is 23.6 Å². The fourth-order valence-corrected chi connectivity index (χ4v) is 3.59. The van der Waals surface area contributed by atoms with E-state index in [2.05, 4.69) is 44.9 Å². The second-order valence-electron chi connectivity index (χ2n) is 5.73. The molecule has 1 fully saturated rings. The third kappa shape index (κ3) is 3.60. The van der Waals surface area contributed by atoms with Gasteiger partial charge in [0.1, 0.15) is 0 Å². The number of rotatable bonds is 4. The van der Waals surface area contributed by atoms with Gasteiger partial charge in [0.2, 0.25) is 0 Å². The number of nitrogens with zero attached hydrogens (tertiary/aromatic N) is 3. The second kappa shape index (κ2) is 6.54. The smallest absolute Gasteiger partial charge is 0.151 e. The maximum atomic E-state index is 4.31. The highest BCUT2D eigenvalue weighted by molar-refractivity contribution is 7.10. The van der Waals surface area contributed by atoms with E-state index in [1.54, 1.807) is 0 Å². The summed E-state index contributed by atoms with van der Waals surface area (Å²) in [5.74, 6) is 0.999. The van der Waals surface area contributed by atoms with Crippen molar-refractivity contribution in [2.75, 3.05) is 18.0 Å². The van der Waals surface area contributed by atoms with Crippen molar-refractivity contribution in [1.29, 1.82) is 0 Å². The molecule has 2 aromatic heterocycles. The number of thiophene rings is 1. The molecule has 0 amide bonds. The molecule has 1 N–H and O–H groups in total. The van der Waals surface area contributed by atoms with Gasteiger partial charge in [-0.25, -0.2) is 0 Å². The minimum atomic E-state index is 0.531. The van der Waals surface area contributed by atoms with Gasteiger partial charge in [-0.2, -0.15) is 5.10 Å². The van der Waals surface area contributed by atoms with Gasteiger partial charge in [0.25, 0.3) is 0 Å². The summed E-state index contributed by atoms with van der Waals surface area (Å²) in [6.45, 7) is 7.22. The number of aromatic nitrogens is 2. The quantitative estimate of drug-likeness (QED) is 0.943. The molecule has 112 valence electrons. The van der Waals surface area contributed by atoms with E-state index in [9.17, 15) is 0 Å². The van der Waals surface area contributed by atoms with Crippen LogP contribution in [-0.2, 0) is 6.54 Å². The van der Waals surface area contributed by atoms with Gasteiger partial charge in [0.05, 0.1) is 5.69 Å². The normalized spacial score (nSPS) is 19.0. The van der Waals surface area contributed by atoms with Crippen LogP contribution in [-0.4, -0.2) is 29.3 Å². The van der Waals surface area contributed by atoms with Crippen molar-refractivity contribution in [3.05, 3.63) is 39.7 Å². The zero-order valence-electron chi connectivity index (χ0n) is 12.7. The highest BCUT2D eigenvalue weighted by atomic mass is 32.1. The van der Waals surface area contributed by atoms with Gasteiger partial charge in [-0.05, 0) is 55.8 Å². The first-order chi connectivity index (χ1) is 10.2. The summed E-state index contributed by atoms with van der Waals surface area (Å²) in [6.07, 6.45) is 2.44. The summed E-state index contributed by atoms with van der Waals surface area (Å²) in [6, 6.07) is 6.84. The first-order valence-electron chi connectivity index (χ1n) is 7.54. The topological polar surface area (TPSA) is 41.0 Å². The lowest BCUT2D eigenvalue weighted by molar-refractivity contribution is 0.420. The van der Waals surface area contributed by atoms with E-state index in [0.717, 1.165) is 31.1 Å². The minimum absolute atomic E-state index is 0.531. The van der Waals surface area contributed by atoms with Crippen molar-refractivity contribution in [2.45, 2.75) is 39.3 Å². The average Bonchev–Trinajstić information content (AvgIpc) is 2.91. The SMILES string of the molecule is Cc1ccc(N2CCC[C@H](NCc3sccc3C)C2)nn1. The van der Waals surface area contributed by atoms with Crippen LogP contribution in [0.1, 0.15) is 29.0 Å². The molecule has 0 radical (unpaired) electrons. The summed E-state index contributed by atoms with van der Waals surface area (Å²) in [5.41, 5.74) is 2.36. The fraction of sp³-hybridized carbons (Fsp3) is 0.500. The molecule has 5 heteroatoms. The Balaban J connectivity index is 1.58. The van der Waals surface area contributed by atoms with Crippen molar-refractivity contribution in [1.82, 2.24) is 15.5 Å². The Bertz CT molecular complexity index is 578. The van der Waals surface area contributed by atoms with E-state index in [1.165, 1.54) is 23.3 Å². The molecule has 3 heterocycles. The van der Waals surface area contributed by atoms with Crippen molar-refractivity contribution in [2.24, 2.45) is 0 Å². The number of hydrogen-bond donors (Lipinski definition) is 1. The Hall–Kier alpha value is -1.46. The van der Waals surface area contributed by atoms with E-state index in [1.807, 2.05) is 24.3 Å². The molecule has 0 saturated carbocycles. The molecule has 0 aromatic carbocycles. The summed E-state index contributed by atoms with van der Waals surface area (Å²) in [5, 5.41) is 14.3. The summed E-state index contributed by atoms with van der Waals surface area (Å²) in [7, 11) is 0. The lowest BCUT2D eigenvalue weighted by atomic mass is 10.1. The second-order valence-corrected chi connectivity index (χ2v) is 6.73. The molecule has 1 aliphatic heterocycles. The minimum Gasteiger partial charge on any atom is -0.354 e. The Morgan fingerprint density at radius 2 is 2.19 bits per heavy atom. The number of anilines is 1. The highest BCUT2D eigenvalue weighted by Crippen LogP contribution is 2.19. The van der Waals surface area contributed by atoms with Crippen LogP contribution in [0.25, 0.3) is 0 Å². The third-order valence-electron chi connectivity index (χ3n) is 4.05. The molecule has 1 aliphatic rings. The first-order valence-corrected chi connectivity index (χ1v) is 8.42. The molecule has 2 aromatic rings. The van der Waals surface area contributed by atoms with Crippen LogP contribution in [0.3, 0.4) is 0 Å². The zero-order chi connectivity index (χ0) is 14.7. The van der Waals surface area contributed by atoms with Crippen LogP contribution in [0.4, 0.5) is 5.82 Å². The molecule has 3 rings (SSSR count). The average molecular weight is 302 g/mol. The van der Waals surface area contributed by atoms with Crippen LogP contribution in [0.2, 0.25) is 0 Å². The molecule has 1 saturated heterocycles. The Morgan fingerprint density at radius 1 is 1.29 bits per heavy atom. The Morgan fingerprint density at radius 3 is 2.90 bits per heavy atom. The molecular formula is C16H22N4S. The largest absolute Gasteiger partial charge is 0.354 e. The van der Waals surface area contributed by atoms with E-state index < -0.39 is 0 Å². The summed E-state index contributed by atoms with van der Waals surface area (Å²) >= 11 is 1.84. The lowest BCUT2D eigenvalue weighted by Crippen LogP contribution is -2.45.